The Labute approximate surface area is 153 Å². The highest BCUT2D eigenvalue weighted by Gasteiger charge is 2.22. The minimum atomic E-state index is -3.65. The Kier molecular flexibility index (Phi) is 5.15. The lowest BCUT2D eigenvalue weighted by atomic mass is 10.1. The van der Waals surface area contributed by atoms with E-state index in [1.165, 1.54) is 30.7 Å². The molecule has 0 spiro atoms. The molecule has 0 aliphatic heterocycles. The van der Waals surface area contributed by atoms with Gasteiger partial charge in [-0.15, -0.1) is 0 Å². The predicted octanol–water partition coefficient (Wildman–Crippen LogP) is 3.68. The first kappa shape index (κ1) is 18.2. The molecular formula is C20H21NO4S. The van der Waals surface area contributed by atoms with Gasteiger partial charge < -0.3 is 9.47 Å². The van der Waals surface area contributed by atoms with Crippen LogP contribution in [0.2, 0.25) is 0 Å². The highest BCUT2D eigenvalue weighted by molar-refractivity contribution is 7.89. The van der Waals surface area contributed by atoms with Gasteiger partial charge in [-0.05, 0) is 34.5 Å². The maximum Gasteiger partial charge on any atom is 0.243 e. The van der Waals surface area contributed by atoms with Crippen molar-refractivity contribution in [2.75, 3.05) is 21.3 Å². The minimum Gasteiger partial charge on any atom is -0.493 e. The Balaban J connectivity index is 1.88. The van der Waals surface area contributed by atoms with Gasteiger partial charge in [-0.2, -0.15) is 4.31 Å². The summed E-state index contributed by atoms with van der Waals surface area (Å²) >= 11 is 0. The lowest BCUT2D eigenvalue weighted by Gasteiger charge is -2.18. The zero-order chi connectivity index (χ0) is 18.7. The minimum absolute atomic E-state index is 0.165. The van der Waals surface area contributed by atoms with E-state index in [1.54, 1.807) is 13.1 Å². The first-order valence-corrected chi connectivity index (χ1v) is 9.56. The second-order valence-corrected chi connectivity index (χ2v) is 8.00. The summed E-state index contributed by atoms with van der Waals surface area (Å²) in [7, 11) is 0.911. The summed E-state index contributed by atoms with van der Waals surface area (Å²) in [6, 6.07) is 18.5. The van der Waals surface area contributed by atoms with Gasteiger partial charge in [0.1, 0.15) is 0 Å². The number of hydrogen-bond donors (Lipinski definition) is 0. The smallest absolute Gasteiger partial charge is 0.243 e. The molecule has 3 rings (SSSR count). The number of nitrogens with zero attached hydrogens (tertiary/aromatic N) is 1. The SMILES string of the molecule is COc1ccc(S(=O)(=O)N(C)Cc2ccc3ccccc3c2)cc1OC. The molecule has 0 radical (unpaired) electrons. The average molecular weight is 371 g/mol. The molecule has 3 aromatic carbocycles. The van der Waals surface area contributed by atoms with Crippen LogP contribution < -0.4 is 9.47 Å². The second-order valence-electron chi connectivity index (χ2n) is 5.96. The number of benzene rings is 3. The van der Waals surface area contributed by atoms with Crippen LogP contribution in [0.5, 0.6) is 11.5 Å². The second kappa shape index (κ2) is 7.35. The summed E-state index contributed by atoms with van der Waals surface area (Å²) in [6.45, 7) is 0.279. The molecule has 5 nitrogen and oxygen atoms in total. The van der Waals surface area contributed by atoms with Crippen LogP contribution in [0.15, 0.2) is 65.6 Å². The summed E-state index contributed by atoms with van der Waals surface area (Å²) in [6.07, 6.45) is 0. The molecule has 0 heterocycles. The fraction of sp³-hybridized carbons (Fsp3) is 0.200. The quantitative estimate of drug-likeness (QED) is 0.663. The number of ether oxygens (including phenoxy) is 2. The summed E-state index contributed by atoms with van der Waals surface area (Å²) in [5, 5.41) is 2.21. The van der Waals surface area contributed by atoms with Gasteiger partial charge in [0.05, 0.1) is 19.1 Å². The molecule has 0 unspecified atom stereocenters. The van der Waals surface area contributed by atoms with Gasteiger partial charge in [-0.3, -0.25) is 0 Å². The topological polar surface area (TPSA) is 55.8 Å². The van der Waals surface area contributed by atoms with E-state index in [-0.39, 0.29) is 11.4 Å². The molecule has 0 fully saturated rings. The molecule has 0 bridgehead atoms. The largest absolute Gasteiger partial charge is 0.493 e. The lowest BCUT2D eigenvalue weighted by Crippen LogP contribution is -2.26. The maximum atomic E-state index is 12.9. The van der Waals surface area contributed by atoms with Crippen molar-refractivity contribution in [1.82, 2.24) is 4.31 Å². The van der Waals surface area contributed by atoms with Crippen molar-refractivity contribution in [3.8, 4) is 11.5 Å². The molecule has 0 saturated heterocycles. The van der Waals surface area contributed by atoms with Crippen molar-refractivity contribution < 1.29 is 17.9 Å². The highest BCUT2D eigenvalue weighted by Crippen LogP contribution is 2.30. The van der Waals surface area contributed by atoms with Crippen LogP contribution in [0.1, 0.15) is 5.56 Å². The van der Waals surface area contributed by atoms with E-state index >= 15 is 0 Å². The first-order chi connectivity index (χ1) is 12.5. The van der Waals surface area contributed by atoms with Crippen molar-refractivity contribution >= 4 is 20.8 Å². The maximum absolute atomic E-state index is 12.9. The molecule has 3 aromatic rings. The third kappa shape index (κ3) is 3.52. The summed E-state index contributed by atoms with van der Waals surface area (Å²) < 4.78 is 37.5. The summed E-state index contributed by atoms with van der Waals surface area (Å²) in [4.78, 5) is 0.165. The highest BCUT2D eigenvalue weighted by atomic mass is 32.2. The molecule has 26 heavy (non-hydrogen) atoms. The van der Waals surface area contributed by atoms with Crippen LogP contribution >= 0.6 is 0 Å². The van der Waals surface area contributed by atoms with Crippen LogP contribution in [-0.4, -0.2) is 34.0 Å². The lowest BCUT2D eigenvalue weighted by molar-refractivity contribution is 0.353. The van der Waals surface area contributed by atoms with E-state index in [1.807, 2.05) is 42.5 Å². The van der Waals surface area contributed by atoms with Gasteiger partial charge >= 0.3 is 0 Å². The normalized spacial score (nSPS) is 11.7. The first-order valence-electron chi connectivity index (χ1n) is 8.12. The van der Waals surface area contributed by atoms with Gasteiger partial charge in [0.15, 0.2) is 11.5 Å². The fourth-order valence-electron chi connectivity index (χ4n) is 2.84. The van der Waals surface area contributed by atoms with E-state index < -0.39 is 10.0 Å². The predicted molar refractivity (Wildman–Crippen MR) is 102 cm³/mol. The third-order valence-electron chi connectivity index (χ3n) is 4.28. The van der Waals surface area contributed by atoms with Gasteiger partial charge in [-0.1, -0.05) is 36.4 Å². The van der Waals surface area contributed by atoms with Crippen LogP contribution in [0.3, 0.4) is 0 Å². The molecule has 0 atom stereocenters. The van der Waals surface area contributed by atoms with Crippen molar-refractivity contribution in [3.63, 3.8) is 0 Å². The van der Waals surface area contributed by atoms with Crippen LogP contribution in [0, 0.1) is 0 Å². The Morgan fingerprint density at radius 1 is 0.846 bits per heavy atom. The van der Waals surface area contributed by atoms with Gasteiger partial charge in [0, 0.05) is 19.7 Å². The zero-order valence-corrected chi connectivity index (χ0v) is 15.8. The molecule has 0 saturated carbocycles. The molecule has 0 N–H and O–H groups in total. The van der Waals surface area contributed by atoms with Crippen molar-refractivity contribution in [3.05, 3.63) is 66.2 Å². The van der Waals surface area contributed by atoms with Crippen LogP contribution in [0.4, 0.5) is 0 Å². The number of fused-ring (bicyclic) bond motifs is 1. The van der Waals surface area contributed by atoms with E-state index in [9.17, 15) is 8.42 Å². The zero-order valence-electron chi connectivity index (χ0n) is 15.0. The molecule has 136 valence electrons. The van der Waals surface area contributed by atoms with Crippen LogP contribution in [-0.2, 0) is 16.6 Å². The molecule has 6 heteroatoms. The molecular weight excluding hydrogens is 350 g/mol. The fourth-order valence-corrected chi connectivity index (χ4v) is 4.01. The van der Waals surface area contributed by atoms with Crippen molar-refractivity contribution in [1.29, 1.82) is 0 Å². The summed E-state index contributed by atoms with van der Waals surface area (Å²) in [5.41, 5.74) is 0.926. The number of methoxy groups -OCH3 is 2. The standard InChI is InChI=1S/C20H21NO4S/c1-21(14-15-8-9-16-6-4-5-7-17(16)12-15)26(22,23)18-10-11-19(24-2)20(13-18)25-3/h4-13H,14H2,1-3H3. The van der Waals surface area contributed by atoms with Crippen molar-refractivity contribution in [2.24, 2.45) is 0 Å². The molecule has 0 amide bonds. The number of hydrogen-bond acceptors (Lipinski definition) is 4. The van der Waals surface area contributed by atoms with Crippen molar-refractivity contribution in [2.45, 2.75) is 11.4 Å². The Hall–Kier alpha value is -2.57. The Bertz CT molecular complexity index is 1030. The Morgan fingerprint density at radius 3 is 2.23 bits per heavy atom. The molecule has 0 aliphatic rings. The Morgan fingerprint density at radius 2 is 1.54 bits per heavy atom. The molecule has 0 aromatic heterocycles. The summed E-state index contributed by atoms with van der Waals surface area (Å²) in [5.74, 6) is 0.872. The van der Waals surface area contributed by atoms with Gasteiger partial charge in [0.2, 0.25) is 10.0 Å². The number of rotatable bonds is 6. The number of sulfonamides is 1. The van der Waals surface area contributed by atoms with E-state index in [4.69, 9.17) is 9.47 Å². The third-order valence-corrected chi connectivity index (χ3v) is 6.08. The van der Waals surface area contributed by atoms with Crippen LogP contribution in [0.25, 0.3) is 10.8 Å². The average Bonchev–Trinajstić information content (AvgIpc) is 2.67. The van der Waals surface area contributed by atoms with Gasteiger partial charge in [0.25, 0.3) is 0 Å². The van der Waals surface area contributed by atoms with E-state index in [0.717, 1.165) is 16.3 Å². The van der Waals surface area contributed by atoms with Gasteiger partial charge in [-0.25, -0.2) is 8.42 Å². The van der Waals surface area contributed by atoms with E-state index in [0.29, 0.717) is 11.5 Å². The molecule has 0 aliphatic carbocycles. The monoisotopic (exact) mass is 371 g/mol. The van der Waals surface area contributed by atoms with E-state index in [2.05, 4.69) is 0 Å².